The molecule has 2 saturated heterocycles. The molecule has 4 heteroatoms. The van der Waals surface area contributed by atoms with E-state index in [0.29, 0.717) is 0 Å². The van der Waals surface area contributed by atoms with Gasteiger partial charge in [0.1, 0.15) is 5.82 Å². The second kappa shape index (κ2) is 5.34. The van der Waals surface area contributed by atoms with E-state index in [9.17, 15) is 4.39 Å². The molecule has 0 unspecified atom stereocenters. The zero-order valence-corrected chi connectivity index (χ0v) is 10.6. The number of rotatable bonds is 3. The normalized spacial score (nSPS) is 22.9. The third kappa shape index (κ3) is 2.55. The molecule has 98 valence electrons. The topological polar surface area (TPSA) is 18.5 Å². The standard InChI is InChI=1S/C14H20FN3/c15-14-4-2-1-3-12(14)11-17-5-7-18(8-6-17)13-9-16-10-13/h1-4,13,16H,5-11H2. The van der Waals surface area contributed by atoms with E-state index < -0.39 is 0 Å². The maximum absolute atomic E-state index is 13.6. The minimum Gasteiger partial charge on any atom is -0.314 e. The van der Waals surface area contributed by atoms with Crippen LogP contribution >= 0.6 is 0 Å². The van der Waals surface area contributed by atoms with Gasteiger partial charge in [-0.1, -0.05) is 18.2 Å². The summed E-state index contributed by atoms with van der Waals surface area (Å²) in [6.07, 6.45) is 0. The summed E-state index contributed by atoms with van der Waals surface area (Å²) in [6, 6.07) is 7.83. The van der Waals surface area contributed by atoms with Crippen molar-refractivity contribution in [3.05, 3.63) is 35.6 Å². The second-order valence-corrected chi connectivity index (χ2v) is 5.22. The Bertz CT molecular complexity index is 398. The molecule has 2 fully saturated rings. The van der Waals surface area contributed by atoms with Crippen LogP contribution < -0.4 is 5.32 Å². The predicted octanol–water partition coefficient (Wildman–Crippen LogP) is 0.915. The summed E-state index contributed by atoms with van der Waals surface area (Å²) in [5.41, 5.74) is 0.816. The Hall–Kier alpha value is -0.970. The minimum atomic E-state index is -0.0804. The van der Waals surface area contributed by atoms with Crippen molar-refractivity contribution in [3.63, 3.8) is 0 Å². The predicted molar refractivity (Wildman–Crippen MR) is 69.9 cm³/mol. The second-order valence-electron chi connectivity index (χ2n) is 5.22. The molecule has 0 aromatic heterocycles. The van der Waals surface area contributed by atoms with Gasteiger partial charge < -0.3 is 5.32 Å². The van der Waals surface area contributed by atoms with E-state index in [1.807, 2.05) is 12.1 Å². The van der Waals surface area contributed by atoms with E-state index in [1.54, 1.807) is 12.1 Å². The number of nitrogens with zero attached hydrogens (tertiary/aromatic N) is 2. The first kappa shape index (κ1) is 12.1. The highest BCUT2D eigenvalue weighted by atomic mass is 19.1. The van der Waals surface area contributed by atoms with Gasteiger partial charge in [0.05, 0.1) is 0 Å². The summed E-state index contributed by atoms with van der Waals surface area (Å²) in [5.74, 6) is -0.0804. The van der Waals surface area contributed by atoms with Crippen molar-refractivity contribution in [2.24, 2.45) is 0 Å². The number of nitrogens with one attached hydrogen (secondary N) is 1. The molecule has 0 saturated carbocycles. The Kier molecular flexibility index (Phi) is 3.59. The molecule has 3 rings (SSSR count). The zero-order valence-electron chi connectivity index (χ0n) is 10.6. The highest BCUT2D eigenvalue weighted by molar-refractivity contribution is 5.17. The molecular weight excluding hydrogens is 229 g/mol. The van der Waals surface area contributed by atoms with Crippen molar-refractivity contribution in [2.75, 3.05) is 39.3 Å². The fourth-order valence-electron chi connectivity index (χ4n) is 2.69. The lowest BCUT2D eigenvalue weighted by atomic mass is 10.1. The molecule has 0 atom stereocenters. The lowest BCUT2D eigenvalue weighted by Gasteiger charge is -2.43. The molecule has 18 heavy (non-hydrogen) atoms. The fraction of sp³-hybridized carbons (Fsp3) is 0.571. The van der Waals surface area contributed by atoms with Crippen LogP contribution in [0.1, 0.15) is 5.56 Å². The molecule has 0 spiro atoms. The molecule has 1 N–H and O–H groups in total. The summed E-state index contributed by atoms with van der Waals surface area (Å²) >= 11 is 0. The summed E-state index contributed by atoms with van der Waals surface area (Å²) in [6.45, 7) is 7.32. The molecule has 2 heterocycles. The zero-order chi connectivity index (χ0) is 12.4. The van der Waals surface area contributed by atoms with Gasteiger partial charge in [-0.3, -0.25) is 9.80 Å². The molecule has 1 aromatic carbocycles. The quantitative estimate of drug-likeness (QED) is 0.859. The molecule has 2 aliphatic rings. The lowest BCUT2D eigenvalue weighted by molar-refractivity contribution is 0.0691. The number of halogens is 1. The van der Waals surface area contributed by atoms with Crippen LogP contribution in [0, 0.1) is 5.82 Å². The van der Waals surface area contributed by atoms with E-state index in [-0.39, 0.29) is 5.82 Å². The van der Waals surface area contributed by atoms with Crippen molar-refractivity contribution in [1.29, 1.82) is 0 Å². The van der Waals surface area contributed by atoms with Crippen molar-refractivity contribution in [2.45, 2.75) is 12.6 Å². The number of benzene rings is 1. The van der Waals surface area contributed by atoms with Crippen molar-refractivity contribution < 1.29 is 4.39 Å². The molecule has 2 aliphatic heterocycles. The van der Waals surface area contributed by atoms with Gasteiger partial charge in [0, 0.05) is 57.4 Å². The Morgan fingerprint density at radius 2 is 1.83 bits per heavy atom. The third-order valence-electron chi connectivity index (χ3n) is 4.03. The van der Waals surface area contributed by atoms with Crippen LogP contribution in [0.3, 0.4) is 0 Å². The van der Waals surface area contributed by atoms with Gasteiger partial charge in [-0.2, -0.15) is 0 Å². The Morgan fingerprint density at radius 1 is 1.11 bits per heavy atom. The largest absolute Gasteiger partial charge is 0.314 e. The van der Waals surface area contributed by atoms with Crippen molar-refractivity contribution in [3.8, 4) is 0 Å². The van der Waals surface area contributed by atoms with Gasteiger partial charge in [-0.15, -0.1) is 0 Å². The van der Waals surface area contributed by atoms with Crippen LogP contribution in [-0.2, 0) is 6.54 Å². The first-order chi connectivity index (χ1) is 8.83. The van der Waals surface area contributed by atoms with Crippen molar-refractivity contribution in [1.82, 2.24) is 15.1 Å². The average Bonchev–Trinajstić information content (AvgIpc) is 2.32. The van der Waals surface area contributed by atoms with Gasteiger partial charge in [0.15, 0.2) is 0 Å². The van der Waals surface area contributed by atoms with Crippen LogP contribution in [0.5, 0.6) is 0 Å². The first-order valence-corrected chi connectivity index (χ1v) is 6.73. The monoisotopic (exact) mass is 249 g/mol. The summed E-state index contributed by atoms with van der Waals surface area (Å²) in [5, 5.41) is 3.31. The highest BCUT2D eigenvalue weighted by Gasteiger charge is 2.27. The summed E-state index contributed by atoms with van der Waals surface area (Å²) in [4.78, 5) is 4.90. The van der Waals surface area contributed by atoms with Crippen molar-refractivity contribution >= 4 is 0 Å². The Balaban J connectivity index is 1.52. The first-order valence-electron chi connectivity index (χ1n) is 6.73. The smallest absolute Gasteiger partial charge is 0.127 e. The lowest BCUT2D eigenvalue weighted by Crippen LogP contribution is -2.61. The number of hydrogen-bond acceptors (Lipinski definition) is 3. The van der Waals surface area contributed by atoms with Gasteiger partial charge in [-0.05, 0) is 6.07 Å². The van der Waals surface area contributed by atoms with E-state index >= 15 is 0 Å². The summed E-state index contributed by atoms with van der Waals surface area (Å²) < 4.78 is 13.6. The third-order valence-corrected chi connectivity index (χ3v) is 4.03. The van der Waals surface area contributed by atoms with Gasteiger partial charge in [0.2, 0.25) is 0 Å². The molecule has 0 bridgehead atoms. The van der Waals surface area contributed by atoms with Crippen LogP contribution in [0.2, 0.25) is 0 Å². The van der Waals surface area contributed by atoms with E-state index in [0.717, 1.165) is 57.4 Å². The Morgan fingerprint density at radius 3 is 2.44 bits per heavy atom. The van der Waals surface area contributed by atoms with E-state index in [2.05, 4.69) is 15.1 Å². The molecule has 3 nitrogen and oxygen atoms in total. The number of hydrogen-bond donors (Lipinski definition) is 1. The van der Waals surface area contributed by atoms with Crippen LogP contribution in [0.25, 0.3) is 0 Å². The molecule has 1 aromatic rings. The van der Waals surface area contributed by atoms with Gasteiger partial charge in [0.25, 0.3) is 0 Å². The molecule has 0 amide bonds. The fourth-order valence-corrected chi connectivity index (χ4v) is 2.69. The van der Waals surface area contributed by atoms with Crippen LogP contribution in [-0.4, -0.2) is 55.1 Å². The SMILES string of the molecule is Fc1ccccc1CN1CCN(C2CNC2)CC1. The maximum Gasteiger partial charge on any atom is 0.127 e. The van der Waals surface area contributed by atoms with E-state index in [4.69, 9.17) is 0 Å². The Labute approximate surface area is 108 Å². The molecule has 0 radical (unpaired) electrons. The average molecular weight is 249 g/mol. The maximum atomic E-state index is 13.6. The van der Waals surface area contributed by atoms with Crippen LogP contribution in [0.15, 0.2) is 24.3 Å². The number of piperazine rings is 1. The van der Waals surface area contributed by atoms with Gasteiger partial charge >= 0.3 is 0 Å². The molecular formula is C14H20FN3. The van der Waals surface area contributed by atoms with Gasteiger partial charge in [-0.25, -0.2) is 4.39 Å². The molecule has 0 aliphatic carbocycles. The van der Waals surface area contributed by atoms with E-state index in [1.165, 1.54) is 0 Å². The minimum absolute atomic E-state index is 0.0804. The van der Waals surface area contributed by atoms with Crippen LogP contribution in [0.4, 0.5) is 4.39 Å². The highest BCUT2D eigenvalue weighted by Crippen LogP contribution is 2.14. The summed E-state index contributed by atoms with van der Waals surface area (Å²) in [7, 11) is 0.